The first-order chi connectivity index (χ1) is 7.88. The monoisotopic (exact) mass is 271 g/mol. The SMILES string of the molecule is CC(C)(N)c1nc(-c2ccc(Cl)c(Cl)c2)no1. The summed E-state index contributed by atoms with van der Waals surface area (Å²) in [4.78, 5) is 4.22. The molecule has 1 aromatic heterocycles. The molecule has 0 unspecified atom stereocenters. The van der Waals surface area contributed by atoms with Gasteiger partial charge in [-0.25, -0.2) is 0 Å². The highest BCUT2D eigenvalue weighted by Gasteiger charge is 2.22. The van der Waals surface area contributed by atoms with Gasteiger partial charge in [-0.2, -0.15) is 4.98 Å². The number of halogens is 2. The van der Waals surface area contributed by atoms with E-state index in [1.54, 1.807) is 32.0 Å². The van der Waals surface area contributed by atoms with Crippen molar-refractivity contribution in [3.8, 4) is 11.4 Å². The quantitative estimate of drug-likeness (QED) is 0.911. The Labute approximate surface area is 109 Å². The molecule has 2 aromatic rings. The van der Waals surface area contributed by atoms with Gasteiger partial charge in [-0.3, -0.25) is 0 Å². The summed E-state index contributed by atoms with van der Waals surface area (Å²) < 4.78 is 5.09. The fourth-order valence-electron chi connectivity index (χ4n) is 1.24. The number of hydrogen-bond donors (Lipinski definition) is 1. The van der Waals surface area contributed by atoms with Gasteiger partial charge in [0.2, 0.25) is 11.7 Å². The molecule has 2 rings (SSSR count). The molecule has 0 bridgehead atoms. The summed E-state index contributed by atoms with van der Waals surface area (Å²) >= 11 is 11.7. The molecule has 2 N–H and O–H groups in total. The molecule has 4 nitrogen and oxygen atoms in total. The van der Waals surface area contributed by atoms with Crippen molar-refractivity contribution >= 4 is 23.2 Å². The maximum atomic E-state index is 5.92. The average molecular weight is 272 g/mol. The van der Waals surface area contributed by atoms with E-state index in [1.165, 1.54) is 0 Å². The molecule has 1 aromatic carbocycles. The van der Waals surface area contributed by atoms with Crippen molar-refractivity contribution in [2.45, 2.75) is 19.4 Å². The largest absolute Gasteiger partial charge is 0.337 e. The van der Waals surface area contributed by atoms with Crippen LogP contribution in [0.1, 0.15) is 19.7 Å². The first-order valence-electron chi connectivity index (χ1n) is 4.96. The molecule has 0 spiro atoms. The lowest BCUT2D eigenvalue weighted by atomic mass is 10.1. The van der Waals surface area contributed by atoms with Crippen molar-refractivity contribution in [1.82, 2.24) is 10.1 Å². The molecular formula is C11H11Cl2N3O. The van der Waals surface area contributed by atoms with Gasteiger partial charge in [0.15, 0.2) is 0 Å². The van der Waals surface area contributed by atoms with Crippen molar-refractivity contribution in [2.75, 3.05) is 0 Å². The van der Waals surface area contributed by atoms with E-state index in [9.17, 15) is 0 Å². The highest BCUT2D eigenvalue weighted by Crippen LogP contribution is 2.27. The van der Waals surface area contributed by atoms with Gasteiger partial charge in [0.05, 0.1) is 15.6 Å². The van der Waals surface area contributed by atoms with E-state index in [1.807, 2.05) is 0 Å². The molecule has 0 amide bonds. The number of rotatable bonds is 2. The van der Waals surface area contributed by atoms with Gasteiger partial charge in [-0.1, -0.05) is 28.4 Å². The second-order valence-corrected chi connectivity index (χ2v) is 5.09. The van der Waals surface area contributed by atoms with Gasteiger partial charge in [0, 0.05) is 5.56 Å². The van der Waals surface area contributed by atoms with E-state index in [4.69, 9.17) is 33.5 Å². The number of aromatic nitrogens is 2. The van der Waals surface area contributed by atoms with E-state index in [-0.39, 0.29) is 0 Å². The topological polar surface area (TPSA) is 64.9 Å². The van der Waals surface area contributed by atoms with Crippen LogP contribution in [0.3, 0.4) is 0 Å². The molecule has 0 atom stereocenters. The first-order valence-corrected chi connectivity index (χ1v) is 5.72. The Morgan fingerprint density at radius 1 is 1.24 bits per heavy atom. The molecule has 0 saturated carbocycles. The molecule has 90 valence electrons. The van der Waals surface area contributed by atoms with Crippen LogP contribution in [0.2, 0.25) is 10.0 Å². The minimum atomic E-state index is -0.665. The zero-order valence-electron chi connectivity index (χ0n) is 9.37. The molecule has 0 saturated heterocycles. The standard InChI is InChI=1S/C11H11Cl2N3O/c1-11(2,14)10-15-9(16-17-10)6-3-4-7(12)8(13)5-6/h3-5H,14H2,1-2H3. The first kappa shape index (κ1) is 12.4. The molecule has 0 aliphatic rings. The predicted octanol–water partition coefficient (Wildman–Crippen LogP) is 3.24. The molecular weight excluding hydrogens is 261 g/mol. The van der Waals surface area contributed by atoms with Crippen molar-refractivity contribution in [3.05, 3.63) is 34.1 Å². The van der Waals surface area contributed by atoms with Crippen LogP contribution in [0.5, 0.6) is 0 Å². The normalized spacial score (nSPS) is 11.8. The Bertz CT molecular complexity index is 546. The minimum Gasteiger partial charge on any atom is -0.337 e. The molecule has 1 heterocycles. The van der Waals surface area contributed by atoms with E-state index in [2.05, 4.69) is 10.1 Å². The molecule has 0 radical (unpaired) electrons. The van der Waals surface area contributed by atoms with Gasteiger partial charge in [-0.05, 0) is 32.0 Å². The third kappa shape index (κ3) is 2.60. The van der Waals surface area contributed by atoms with Crippen LogP contribution < -0.4 is 5.73 Å². The summed E-state index contributed by atoms with van der Waals surface area (Å²) in [5, 5.41) is 4.79. The number of nitrogens with two attached hydrogens (primary N) is 1. The molecule has 0 aliphatic heterocycles. The number of nitrogens with zero attached hydrogens (tertiary/aromatic N) is 2. The van der Waals surface area contributed by atoms with E-state index < -0.39 is 5.54 Å². The molecule has 0 aliphatic carbocycles. The summed E-state index contributed by atoms with van der Waals surface area (Å²) in [5.41, 5.74) is 5.93. The Morgan fingerprint density at radius 3 is 2.47 bits per heavy atom. The highest BCUT2D eigenvalue weighted by atomic mass is 35.5. The average Bonchev–Trinajstić information content (AvgIpc) is 2.70. The van der Waals surface area contributed by atoms with Crippen molar-refractivity contribution < 1.29 is 4.52 Å². The van der Waals surface area contributed by atoms with Crippen LogP contribution in [0.15, 0.2) is 22.7 Å². The fraction of sp³-hybridized carbons (Fsp3) is 0.273. The van der Waals surface area contributed by atoms with Gasteiger partial charge in [0.1, 0.15) is 0 Å². The Morgan fingerprint density at radius 2 is 1.94 bits per heavy atom. The second-order valence-electron chi connectivity index (χ2n) is 4.27. The minimum absolute atomic E-state index is 0.374. The Kier molecular flexibility index (Phi) is 3.12. The lowest BCUT2D eigenvalue weighted by Gasteiger charge is -2.10. The van der Waals surface area contributed by atoms with Crippen LogP contribution in [-0.2, 0) is 5.54 Å². The zero-order valence-corrected chi connectivity index (χ0v) is 10.9. The van der Waals surface area contributed by atoms with Crippen LogP contribution >= 0.6 is 23.2 Å². The van der Waals surface area contributed by atoms with E-state index in [0.717, 1.165) is 5.56 Å². The van der Waals surface area contributed by atoms with Crippen LogP contribution in [-0.4, -0.2) is 10.1 Å². The highest BCUT2D eigenvalue weighted by molar-refractivity contribution is 6.42. The zero-order chi connectivity index (χ0) is 12.6. The Balaban J connectivity index is 2.40. The van der Waals surface area contributed by atoms with Crippen molar-refractivity contribution in [2.24, 2.45) is 5.73 Å². The maximum absolute atomic E-state index is 5.92. The van der Waals surface area contributed by atoms with Gasteiger partial charge < -0.3 is 10.3 Å². The molecule has 6 heteroatoms. The third-order valence-corrected chi connectivity index (χ3v) is 2.89. The summed E-state index contributed by atoms with van der Waals surface area (Å²) in [6.45, 7) is 3.58. The van der Waals surface area contributed by atoms with E-state index >= 15 is 0 Å². The number of benzene rings is 1. The smallest absolute Gasteiger partial charge is 0.246 e. The van der Waals surface area contributed by atoms with Gasteiger partial charge in [-0.15, -0.1) is 0 Å². The lowest BCUT2D eigenvalue weighted by Crippen LogP contribution is -2.28. The van der Waals surface area contributed by atoms with Crippen LogP contribution in [0.4, 0.5) is 0 Å². The maximum Gasteiger partial charge on any atom is 0.246 e. The number of hydrogen-bond acceptors (Lipinski definition) is 4. The van der Waals surface area contributed by atoms with Gasteiger partial charge >= 0.3 is 0 Å². The fourth-order valence-corrected chi connectivity index (χ4v) is 1.54. The summed E-state index contributed by atoms with van der Waals surface area (Å²) in [6, 6.07) is 5.14. The van der Waals surface area contributed by atoms with Gasteiger partial charge in [0.25, 0.3) is 0 Å². The third-order valence-electron chi connectivity index (χ3n) is 2.16. The van der Waals surface area contributed by atoms with Crippen LogP contribution in [0, 0.1) is 0 Å². The van der Waals surface area contributed by atoms with Crippen LogP contribution in [0.25, 0.3) is 11.4 Å². The summed E-state index contributed by atoms with van der Waals surface area (Å²) in [5.74, 6) is 0.815. The summed E-state index contributed by atoms with van der Waals surface area (Å²) in [7, 11) is 0. The predicted molar refractivity (Wildman–Crippen MR) is 67.0 cm³/mol. The molecule has 17 heavy (non-hydrogen) atoms. The second kappa shape index (κ2) is 4.29. The summed E-state index contributed by atoms with van der Waals surface area (Å²) in [6.07, 6.45) is 0. The Hall–Kier alpha value is -1.10. The van der Waals surface area contributed by atoms with E-state index in [0.29, 0.717) is 21.8 Å². The lowest BCUT2D eigenvalue weighted by molar-refractivity contribution is 0.312. The molecule has 0 fully saturated rings. The van der Waals surface area contributed by atoms with Crippen molar-refractivity contribution in [3.63, 3.8) is 0 Å². The van der Waals surface area contributed by atoms with Crippen molar-refractivity contribution in [1.29, 1.82) is 0 Å².